The van der Waals surface area contributed by atoms with Crippen LogP contribution in [-0.4, -0.2) is 15.4 Å². The Hall–Kier alpha value is -0.420. The number of nitrogens with zero attached hydrogens (tertiary/aromatic N) is 1. The molecule has 66 valence electrons. The second kappa shape index (κ2) is 4.00. The third kappa shape index (κ3) is 1.84. The normalized spacial score (nSPS) is 12.8. The van der Waals surface area contributed by atoms with Crippen molar-refractivity contribution >= 4 is 33.4 Å². The molecule has 0 aromatic carbocycles. The lowest BCUT2D eigenvalue weighted by atomic mass is 10.1. The highest BCUT2D eigenvalue weighted by Gasteiger charge is 2.21. The molecule has 0 fully saturated rings. The van der Waals surface area contributed by atoms with Crippen molar-refractivity contribution in [1.29, 1.82) is 0 Å². The Kier molecular flexibility index (Phi) is 3.22. The molecule has 0 radical (unpaired) electrons. The first-order valence-corrected chi connectivity index (χ1v) is 5.06. The lowest BCUT2D eigenvalue weighted by Crippen LogP contribution is -2.09. The van der Waals surface area contributed by atoms with E-state index in [1.54, 1.807) is 6.20 Å². The number of carbonyl (C=O) groups is 1. The van der Waals surface area contributed by atoms with E-state index in [1.807, 2.05) is 6.92 Å². The van der Waals surface area contributed by atoms with Crippen LogP contribution < -0.4 is 0 Å². The molecule has 1 N–H and O–H groups in total. The fourth-order valence-electron chi connectivity index (χ4n) is 0.939. The highest BCUT2D eigenvalue weighted by Crippen LogP contribution is 2.30. The van der Waals surface area contributed by atoms with Gasteiger partial charge in [-0.2, -0.15) is 4.37 Å². The first-order valence-electron chi connectivity index (χ1n) is 3.49. The molecule has 0 amide bonds. The number of carboxylic acids is 1. The Balaban J connectivity index is 2.94. The number of halogens is 1. The molecule has 0 aliphatic carbocycles. The van der Waals surface area contributed by atoms with E-state index in [9.17, 15) is 4.79 Å². The number of hydrogen-bond acceptors (Lipinski definition) is 3. The Morgan fingerprint density at radius 2 is 2.58 bits per heavy atom. The minimum Gasteiger partial charge on any atom is -0.481 e. The maximum atomic E-state index is 10.7. The molecule has 1 rings (SSSR count). The van der Waals surface area contributed by atoms with Gasteiger partial charge in [-0.3, -0.25) is 4.79 Å². The summed E-state index contributed by atoms with van der Waals surface area (Å²) >= 11 is 4.49. The second-order valence-electron chi connectivity index (χ2n) is 2.34. The van der Waals surface area contributed by atoms with Gasteiger partial charge in [0.15, 0.2) is 0 Å². The predicted molar refractivity (Wildman–Crippen MR) is 50.5 cm³/mol. The van der Waals surface area contributed by atoms with Gasteiger partial charge in [0.05, 0.1) is 21.5 Å². The summed E-state index contributed by atoms with van der Waals surface area (Å²) in [6, 6.07) is 0. The summed E-state index contributed by atoms with van der Waals surface area (Å²) in [4.78, 5) is 11.5. The number of aromatic nitrogens is 1. The van der Waals surface area contributed by atoms with E-state index in [0.717, 1.165) is 9.35 Å². The van der Waals surface area contributed by atoms with Crippen LogP contribution in [0.5, 0.6) is 0 Å². The van der Waals surface area contributed by atoms with Gasteiger partial charge in [-0.15, -0.1) is 0 Å². The molecule has 1 atom stereocenters. The zero-order valence-electron chi connectivity index (χ0n) is 6.45. The summed E-state index contributed by atoms with van der Waals surface area (Å²) in [6.45, 7) is 1.85. The summed E-state index contributed by atoms with van der Waals surface area (Å²) in [6.07, 6.45) is 2.22. The molecular weight excluding hydrogens is 242 g/mol. The average molecular weight is 250 g/mol. The maximum Gasteiger partial charge on any atom is 0.311 e. The van der Waals surface area contributed by atoms with Crippen LogP contribution in [-0.2, 0) is 4.79 Å². The van der Waals surface area contributed by atoms with Crippen molar-refractivity contribution in [3.8, 4) is 0 Å². The van der Waals surface area contributed by atoms with E-state index in [2.05, 4.69) is 20.3 Å². The topological polar surface area (TPSA) is 50.2 Å². The maximum absolute atomic E-state index is 10.7. The number of carboxylic acid groups (broad SMARTS) is 1. The second-order valence-corrected chi connectivity index (χ2v) is 4.02. The van der Waals surface area contributed by atoms with Crippen molar-refractivity contribution in [2.75, 3.05) is 0 Å². The zero-order valence-corrected chi connectivity index (χ0v) is 8.85. The molecular formula is C7H8BrNO2S. The van der Waals surface area contributed by atoms with Crippen LogP contribution in [0.1, 0.15) is 24.1 Å². The van der Waals surface area contributed by atoms with Crippen molar-refractivity contribution in [1.82, 2.24) is 4.37 Å². The van der Waals surface area contributed by atoms with Gasteiger partial charge in [-0.25, -0.2) is 0 Å². The van der Waals surface area contributed by atoms with E-state index < -0.39 is 11.9 Å². The molecule has 0 bridgehead atoms. The summed E-state index contributed by atoms with van der Waals surface area (Å²) in [5.41, 5.74) is 0. The summed E-state index contributed by atoms with van der Waals surface area (Å²) < 4.78 is 4.70. The van der Waals surface area contributed by atoms with Gasteiger partial charge in [0.25, 0.3) is 0 Å². The van der Waals surface area contributed by atoms with Crippen molar-refractivity contribution < 1.29 is 9.90 Å². The van der Waals surface area contributed by atoms with Gasteiger partial charge in [-0.1, -0.05) is 6.92 Å². The number of hydrogen-bond donors (Lipinski definition) is 1. The standard InChI is InChI=1S/C7H8BrNO2S/c1-2-4(7(10)11)6-5(8)3-9-12-6/h3-4H,2H2,1H3,(H,10,11). The molecule has 1 unspecified atom stereocenters. The summed E-state index contributed by atoms with van der Waals surface area (Å²) in [5.74, 6) is -1.21. The molecule has 3 nitrogen and oxygen atoms in total. The molecule has 5 heteroatoms. The van der Waals surface area contributed by atoms with E-state index in [0.29, 0.717) is 6.42 Å². The highest BCUT2D eigenvalue weighted by atomic mass is 79.9. The van der Waals surface area contributed by atoms with Gasteiger partial charge in [-0.05, 0) is 33.9 Å². The molecule has 1 heterocycles. The van der Waals surface area contributed by atoms with Crippen LogP contribution in [0, 0.1) is 0 Å². The monoisotopic (exact) mass is 249 g/mol. The molecule has 0 aliphatic heterocycles. The van der Waals surface area contributed by atoms with Gasteiger partial charge in [0.2, 0.25) is 0 Å². The van der Waals surface area contributed by atoms with Crippen molar-refractivity contribution in [3.05, 3.63) is 15.5 Å². The fraction of sp³-hybridized carbons (Fsp3) is 0.429. The van der Waals surface area contributed by atoms with Crippen LogP contribution in [0.4, 0.5) is 0 Å². The molecule has 12 heavy (non-hydrogen) atoms. The Morgan fingerprint density at radius 3 is 2.92 bits per heavy atom. The SMILES string of the molecule is CCC(C(=O)O)c1sncc1Br. The minimum atomic E-state index is -0.789. The third-order valence-electron chi connectivity index (χ3n) is 1.58. The van der Waals surface area contributed by atoms with Crippen molar-refractivity contribution in [2.24, 2.45) is 0 Å². The first-order chi connectivity index (χ1) is 5.66. The Bertz CT molecular complexity index is 287. The van der Waals surface area contributed by atoms with E-state index in [4.69, 9.17) is 5.11 Å². The smallest absolute Gasteiger partial charge is 0.311 e. The van der Waals surface area contributed by atoms with E-state index >= 15 is 0 Å². The molecule has 0 saturated carbocycles. The van der Waals surface area contributed by atoms with Gasteiger partial charge >= 0.3 is 5.97 Å². The third-order valence-corrected chi connectivity index (χ3v) is 3.38. The van der Waals surface area contributed by atoms with Gasteiger partial charge in [0, 0.05) is 0 Å². The van der Waals surface area contributed by atoms with Gasteiger partial charge in [0.1, 0.15) is 0 Å². The lowest BCUT2D eigenvalue weighted by molar-refractivity contribution is -0.138. The fourth-order valence-corrected chi connectivity index (χ4v) is 2.48. The number of aliphatic carboxylic acids is 1. The molecule has 0 spiro atoms. The molecule has 1 aromatic rings. The molecule has 1 aromatic heterocycles. The largest absolute Gasteiger partial charge is 0.481 e. The van der Waals surface area contributed by atoms with Crippen LogP contribution in [0.25, 0.3) is 0 Å². The molecule has 0 aliphatic rings. The highest BCUT2D eigenvalue weighted by molar-refractivity contribution is 9.10. The Morgan fingerprint density at radius 1 is 1.92 bits per heavy atom. The lowest BCUT2D eigenvalue weighted by Gasteiger charge is -2.05. The van der Waals surface area contributed by atoms with Crippen LogP contribution >= 0.6 is 27.5 Å². The average Bonchev–Trinajstić information content (AvgIpc) is 2.38. The van der Waals surface area contributed by atoms with Gasteiger partial charge < -0.3 is 5.11 Å². The van der Waals surface area contributed by atoms with Crippen molar-refractivity contribution in [2.45, 2.75) is 19.3 Å². The van der Waals surface area contributed by atoms with Crippen LogP contribution in [0.3, 0.4) is 0 Å². The summed E-state index contributed by atoms with van der Waals surface area (Å²) in [7, 11) is 0. The van der Waals surface area contributed by atoms with Crippen LogP contribution in [0.2, 0.25) is 0 Å². The number of rotatable bonds is 3. The van der Waals surface area contributed by atoms with Crippen LogP contribution in [0.15, 0.2) is 10.7 Å². The Labute approximate surface area is 82.7 Å². The summed E-state index contributed by atoms with van der Waals surface area (Å²) in [5, 5.41) is 8.83. The van der Waals surface area contributed by atoms with Crippen molar-refractivity contribution in [3.63, 3.8) is 0 Å². The molecule has 0 saturated heterocycles. The first kappa shape index (κ1) is 9.67. The quantitative estimate of drug-likeness (QED) is 0.896. The van der Waals surface area contributed by atoms with E-state index in [-0.39, 0.29) is 0 Å². The minimum absolute atomic E-state index is 0.424. The van der Waals surface area contributed by atoms with E-state index in [1.165, 1.54) is 11.5 Å². The zero-order chi connectivity index (χ0) is 9.14. The predicted octanol–water partition coefficient (Wildman–Crippen LogP) is 2.48.